The van der Waals surface area contributed by atoms with Crippen molar-refractivity contribution in [3.63, 3.8) is 0 Å². The van der Waals surface area contributed by atoms with Crippen molar-refractivity contribution in [1.29, 1.82) is 0 Å². The van der Waals surface area contributed by atoms with Crippen LogP contribution in [0, 0.1) is 0 Å². The molecular formula is C10H10O4S. The molecule has 0 spiro atoms. The highest BCUT2D eigenvalue weighted by atomic mass is 32.1. The van der Waals surface area contributed by atoms with Gasteiger partial charge in [0, 0.05) is 4.88 Å². The molecule has 1 rings (SSSR count). The van der Waals surface area contributed by atoms with Crippen molar-refractivity contribution in [2.24, 2.45) is 0 Å². The summed E-state index contributed by atoms with van der Waals surface area (Å²) in [6, 6.07) is 3.51. The highest BCUT2D eigenvalue weighted by Gasteiger charge is 2.18. The van der Waals surface area contributed by atoms with Crippen molar-refractivity contribution < 1.29 is 19.4 Å². The van der Waals surface area contributed by atoms with E-state index in [1.54, 1.807) is 24.4 Å². The molecule has 0 fully saturated rings. The second-order valence-corrected chi connectivity index (χ2v) is 3.58. The van der Waals surface area contributed by atoms with E-state index in [2.05, 4.69) is 4.74 Å². The Morgan fingerprint density at radius 2 is 2.33 bits per heavy atom. The van der Waals surface area contributed by atoms with E-state index < -0.39 is 11.9 Å². The first-order chi connectivity index (χ1) is 7.15. The second-order valence-electron chi connectivity index (χ2n) is 2.60. The van der Waals surface area contributed by atoms with Crippen molar-refractivity contribution in [3.05, 3.63) is 28.0 Å². The van der Waals surface area contributed by atoms with Crippen LogP contribution in [0.4, 0.5) is 0 Å². The van der Waals surface area contributed by atoms with Gasteiger partial charge in [-0.1, -0.05) is 6.07 Å². The summed E-state index contributed by atoms with van der Waals surface area (Å²) in [6.45, 7) is 1.79. The first-order valence-corrected chi connectivity index (χ1v) is 5.18. The molecular weight excluding hydrogens is 216 g/mol. The van der Waals surface area contributed by atoms with E-state index in [0.29, 0.717) is 4.88 Å². The maximum absolute atomic E-state index is 11.2. The predicted octanol–water partition coefficient (Wildman–Crippen LogP) is 1.78. The molecule has 0 saturated heterocycles. The number of carboxylic acid groups (broad SMARTS) is 1. The molecule has 80 valence electrons. The molecule has 0 amide bonds. The van der Waals surface area contributed by atoms with Gasteiger partial charge in [0.15, 0.2) is 0 Å². The Balaban J connectivity index is 2.92. The van der Waals surface area contributed by atoms with Crippen LogP contribution in [-0.2, 0) is 14.3 Å². The van der Waals surface area contributed by atoms with E-state index in [9.17, 15) is 9.59 Å². The summed E-state index contributed by atoms with van der Waals surface area (Å²) >= 11 is 1.36. The van der Waals surface area contributed by atoms with Crippen molar-refractivity contribution in [3.8, 4) is 0 Å². The van der Waals surface area contributed by atoms with Gasteiger partial charge in [0.05, 0.1) is 6.61 Å². The van der Waals surface area contributed by atoms with Crippen LogP contribution in [-0.4, -0.2) is 23.7 Å². The lowest BCUT2D eigenvalue weighted by atomic mass is 10.2. The number of carboxylic acids is 1. The molecule has 15 heavy (non-hydrogen) atoms. The zero-order chi connectivity index (χ0) is 11.3. The lowest BCUT2D eigenvalue weighted by Gasteiger charge is -2.01. The monoisotopic (exact) mass is 226 g/mol. The number of thiophene rings is 1. The van der Waals surface area contributed by atoms with Crippen LogP contribution in [0.1, 0.15) is 11.8 Å². The first-order valence-electron chi connectivity index (χ1n) is 4.30. The number of hydrogen-bond donors (Lipinski definition) is 1. The molecule has 0 unspecified atom stereocenters. The van der Waals surface area contributed by atoms with Gasteiger partial charge in [0.1, 0.15) is 5.57 Å². The summed E-state index contributed by atoms with van der Waals surface area (Å²) in [4.78, 5) is 22.7. The molecule has 1 aromatic heterocycles. The standard InChI is InChI=1S/C10H10O4S/c1-2-14-10(13)8(9(11)12)6-7-4-3-5-15-7/h3-6H,2H2,1H3,(H,11,12). The van der Waals surface area contributed by atoms with E-state index >= 15 is 0 Å². The van der Waals surface area contributed by atoms with Gasteiger partial charge in [-0.25, -0.2) is 9.59 Å². The Morgan fingerprint density at radius 1 is 1.60 bits per heavy atom. The number of carbonyl (C=O) groups is 2. The normalized spacial score (nSPS) is 11.1. The Hall–Kier alpha value is -1.62. The molecule has 0 radical (unpaired) electrons. The summed E-state index contributed by atoms with van der Waals surface area (Å²) < 4.78 is 4.63. The van der Waals surface area contributed by atoms with E-state index in [1.807, 2.05) is 0 Å². The average Bonchev–Trinajstić information content (AvgIpc) is 2.66. The molecule has 0 aliphatic heterocycles. The van der Waals surface area contributed by atoms with Gasteiger partial charge in [0.25, 0.3) is 0 Å². The maximum Gasteiger partial charge on any atom is 0.345 e. The largest absolute Gasteiger partial charge is 0.477 e. The number of carbonyl (C=O) groups excluding carboxylic acids is 1. The Kier molecular flexibility index (Phi) is 4.05. The van der Waals surface area contributed by atoms with Crippen LogP contribution < -0.4 is 0 Å². The minimum Gasteiger partial charge on any atom is -0.477 e. The van der Waals surface area contributed by atoms with Crippen LogP contribution in [0.5, 0.6) is 0 Å². The van der Waals surface area contributed by atoms with E-state index in [1.165, 1.54) is 17.4 Å². The van der Waals surface area contributed by atoms with Gasteiger partial charge in [-0.2, -0.15) is 0 Å². The van der Waals surface area contributed by atoms with E-state index in [-0.39, 0.29) is 12.2 Å². The van der Waals surface area contributed by atoms with Crippen LogP contribution in [0.25, 0.3) is 6.08 Å². The van der Waals surface area contributed by atoms with Gasteiger partial charge in [-0.05, 0) is 24.4 Å². The van der Waals surface area contributed by atoms with Gasteiger partial charge < -0.3 is 9.84 Å². The highest BCUT2D eigenvalue weighted by Crippen LogP contribution is 2.14. The Morgan fingerprint density at radius 3 is 2.80 bits per heavy atom. The van der Waals surface area contributed by atoms with Crippen molar-refractivity contribution in [2.45, 2.75) is 6.92 Å². The smallest absolute Gasteiger partial charge is 0.345 e. The average molecular weight is 226 g/mol. The third-order valence-electron chi connectivity index (χ3n) is 1.56. The predicted molar refractivity (Wildman–Crippen MR) is 56.6 cm³/mol. The Labute approximate surface area is 90.8 Å². The lowest BCUT2D eigenvalue weighted by molar-refractivity contribution is -0.143. The van der Waals surface area contributed by atoms with Crippen LogP contribution >= 0.6 is 11.3 Å². The minimum atomic E-state index is -1.28. The third-order valence-corrected chi connectivity index (χ3v) is 2.37. The molecule has 0 aliphatic carbocycles. The van der Waals surface area contributed by atoms with E-state index in [0.717, 1.165) is 0 Å². The fourth-order valence-corrected chi connectivity index (χ4v) is 1.59. The molecule has 0 bridgehead atoms. The summed E-state index contributed by atoms with van der Waals surface area (Å²) in [5.41, 5.74) is -0.348. The quantitative estimate of drug-likeness (QED) is 0.368. The van der Waals surface area contributed by atoms with Crippen LogP contribution in [0.2, 0.25) is 0 Å². The molecule has 0 atom stereocenters. The van der Waals surface area contributed by atoms with E-state index in [4.69, 9.17) is 5.11 Å². The molecule has 5 heteroatoms. The molecule has 0 saturated carbocycles. The fourth-order valence-electron chi connectivity index (χ4n) is 0.932. The van der Waals surface area contributed by atoms with Crippen molar-refractivity contribution in [1.82, 2.24) is 0 Å². The molecule has 0 aliphatic rings. The molecule has 1 N–H and O–H groups in total. The first kappa shape index (κ1) is 11.5. The molecule has 0 aromatic carbocycles. The molecule has 4 nitrogen and oxygen atoms in total. The molecule has 1 aromatic rings. The van der Waals surface area contributed by atoms with Gasteiger partial charge in [0.2, 0.25) is 0 Å². The summed E-state index contributed by atoms with van der Waals surface area (Å²) in [6.07, 6.45) is 1.31. The lowest BCUT2D eigenvalue weighted by Crippen LogP contribution is -2.14. The maximum atomic E-state index is 11.2. The summed E-state index contributed by atoms with van der Waals surface area (Å²) in [5.74, 6) is -2.08. The van der Waals surface area contributed by atoms with Crippen molar-refractivity contribution >= 4 is 29.4 Å². The topological polar surface area (TPSA) is 63.6 Å². The number of esters is 1. The highest BCUT2D eigenvalue weighted by molar-refractivity contribution is 7.10. The Bertz CT molecular complexity index is 378. The number of aliphatic carboxylic acids is 1. The van der Waals surface area contributed by atoms with Gasteiger partial charge in [-0.3, -0.25) is 0 Å². The molecule has 1 heterocycles. The van der Waals surface area contributed by atoms with Crippen LogP contribution in [0.15, 0.2) is 23.1 Å². The minimum absolute atomic E-state index is 0.161. The zero-order valence-electron chi connectivity index (χ0n) is 8.10. The summed E-state index contributed by atoms with van der Waals surface area (Å²) in [7, 11) is 0. The third kappa shape index (κ3) is 3.21. The number of rotatable bonds is 4. The zero-order valence-corrected chi connectivity index (χ0v) is 8.91. The van der Waals surface area contributed by atoms with Gasteiger partial charge in [-0.15, -0.1) is 11.3 Å². The number of hydrogen-bond acceptors (Lipinski definition) is 4. The second kappa shape index (κ2) is 5.31. The SMILES string of the molecule is CCOC(=O)C(=Cc1cccs1)C(=O)O. The van der Waals surface area contributed by atoms with Crippen LogP contribution in [0.3, 0.4) is 0 Å². The van der Waals surface area contributed by atoms with Gasteiger partial charge >= 0.3 is 11.9 Å². The number of ether oxygens (including phenoxy) is 1. The fraction of sp³-hybridized carbons (Fsp3) is 0.200. The van der Waals surface area contributed by atoms with Crippen molar-refractivity contribution in [2.75, 3.05) is 6.61 Å². The summed E-state index contributed by atoms with van der Waals surface area (Å²) in [5, 5.41) is 10.6.